The van der Waals surface area contributed by atoms with E-state index in [0.29, 0.717) is 24.3 Å². The summed E-state index contributed by atoms with van der Waals surface area (Å²) in [5.74, 6) is -0.530. The average Bonchev–Trinajstić information content (AvgIpc) is 2.56. The number of nitrogens with two attached hydrogens (primary N) is 1. The maximum atomic E-state index is 11.7. The molecule has 1 aromatic carbocycles. The lowest BCUT2D eigenvalue weighted by atomic mass is 10.0. The van der Waals surface area contributed by atoms with E-state index in [-0.39, 0.29) is 0 Å². The first-order valence-electron chi connectivity index (χ1n) is 7.81. The molecule has 0 spiro atoms. The van der Waals surface area contributed by atoms with Crippen molar-refractivity contribution < 1.29 is 23.7 Å². The van der Waals surface area contributed by atoms with Crippen LogP contribution in [0.5, 0.6) is 0 Å². The van der Waals surface area contributed by atoms with Gasteiger partial charge in [-0.25, -0.2) is 0 Å². The topological polar surface area (TPSA) is 80.0 Å². The fourth-order valence-corrected chi connectivity index (χ4v) is 2.18. The number of rotatable bonds is 11. The van der Waals surface area contributed by atoms with E-state index in [1.165, 1.54) is 7.11 Å². The summed E-state index contributed by atoms with van der Waals surface area (Å²) in [5.41, 5.74) is 7.18. The van der Waals surface area contributed by atoms with Crippen LogP contribution in [0.15, 0.2) is 18.2 Å². The van der Waals surface area contributed by atoms with Crippen molar-refractivity contribution in [3.8, 4) is 0 Å². The highest BCUT2D eigenvalue weighted by Gasteiger charge is 2.21. The van der Waals surface area contributed by atoms with Crippen molar-refractivity contribution in [1.29, 1.82) is 0 Å². The molecule has 2 unspecified atom stereocenters. The Morgan fingerprint density at radius 3 is 2.09 bits per heavy atom. The van der Waals surface area contributed by atoms with E-state index in [1.807, 2.05) is 13.8 Å². The first-order valence-corrected chi connectivity index (χ1v) is 7.81. The highest BCUT2D eigenvalue weighted by Crippen LogP contribution is 2.28. The zero-order chi connectivity index (χ0) is 17.2. The highest BCUT2D eigenvalue weighted by atomic mass is 16.7. The van der Waals surface area contributed by atoms with Crippen LogP contribution in [0.4, 0.5) is 0 Å². The highest BCUT2D eigenvalue weighted by molar-refractivity contribution is 5.94. The van der Waals surface area contributed by atoms with Crippen LogP contribution in [0.25, 0.3) is 0 Å². The average molecular weight is 325 g/mol. The molecule has 0 radical (unpaired) electrons. The van der Waals surface area contributed by atoms with E-state index in [2.05, 4.69) is 0 Å². The molecule has 0 aliphatic carbocycles. The molecule has 6 heteroatoms. The van der Waals surface area contributed by atoms with Gasteiger partial charge in [0.25, 0.3) is 0 Å². The second kappa shape index (κ2) is 10.3. The minimum Gasteiger partial charge on any atom is -0.366 e. The molecule has 0 aliphatic rings. The summed E-state index contributed by atoms with van der Waals surface area (Å²) < 4.78 is 22.0. The van der Waals surface area contributed by atoms with Crippen LogP contribution in [0.2, 0.25) is 0 Å². The van der Waals surface area contributed by atoms with Crippen LogP contribution in [0, 0.1) is 0 Å². The van der Waals surface area contributed by atoms with E-state index in [1.54, 1.807) is 25.3 Å². The van der Waals surface area contributed by atoms with Gasteiger partial charge in [-0.05, 0) is 25.0 Å². The van der Waals surface area contributed by atoms with E-state index < -0.39 is 18.5 Å². The smallest absolute Gasteiger partial charge is 0.249 e. The number of amides is 1. The Balaban J connectivity index is 3.17. The van der Waals surface area contributed by atoms with Gasteiger partial charge in [0, 0.05) is 44.1 Å². The lowest BCUT2D eigenvalue weighted by molar-refractivity contribution is -0.132. The second-order valence-electron chi connectivity index (χ2n) is 5.09. The summed E-state index contributed by atoms with van der Waals surface area (Å²) in [7, 11) is 3.10. The third-order valence-electron chi connectivity index (χ3n) is 3.24. The molecule has 0 aliphatic heterocycles. The van der Waals surface area contributed by atoms with Crippen molar-refractivity contribution in [2.45, 2.75) is 39.3 Å². The normalized spacial score (nSPS) is 13.7. The predicted molar refractivity (Wildman–Crippen MR) is 86.9 cm³/mol. The van der Waals surface area contributed by atoms with Gasteiger partial charge in [0.1, 0.15) is 0 Å². The number of carbonyl (C=O) groups excluding carboxylic acids is 1. The molecule has 0 bridgehead atoms. The number of primary amides is 1. The van der Waals surface area contributed by atoms with E-state index in [9.17, 15) is 4.79 Å². The van der Waals surface area contributed by atoms with Crippen LogP contribution in [0.1, 0.15) is 60.8 Å². The van der Waals surface area contributed by atoms with Gasteiger partial charge in [0.2, 0.25) is 5.91 Å². The quantitative estimate of drug-likeness (QED) is 0.633. The molecular formula is C17H27NO5. The number of benzene rings is 1. The Morgan fingerprint density at radius 1 is 1.04 bits per heavy atom. The van der Waals surface area contributed by atoms with Gasteiger partial charge in [0.15, 0.2) is 12.6 Å². The van der Waals surface area contributed by atoms with Gasteiger partial charge >= 0.3 is 0 Å². The van der Waals surface area contributed by atoms with Gasteiger partial charge < -0.3 is 24.7 Å². The Hall–Kier alpha value is -1.47. The molecule has 6 nitrogen and oxygen atoms in total. The Bertz CT molecular complexity index is 492. The van der Waals surface area contributed by atoms with Crippen molar-refractivity contribution in [1.82, 2.24) is 0 Å². The van der Waals surface area contributed by atoms with E-state index in [0.717, 1.165) is 18.4 Å². The van der Waals surface area contributed by atoms with Gasteiger partial charge in [-0.15, -0.1) is 0 Å². The van der Waals surface area contributed by atoms with E-state index >= 15 is 0 Å². The second-order valence-corrected chi connectivity index (χ2v) is 5.09. The zero-order valence-electron chi connectivity index (χ0n) is 14.3. The van der Waals surface area contributed by atoms with Crippen molar-refractivity contribution in [2.24, 2.45) is 5.73 Å². The third-order valence-corrected chi connectivity index (χ3v) is 3.24. The molecule has 2 atom stereocenters. The van der Waals surface area contributed by atoms with Crippen LogP contribution < -0.4 is 5.73 Å². The van der Waals surface area contributed by atoms with Gasteiger partial charge in [-0.3, -0.25) is 4.79 Å². The third kappa shape index (κ3) is 5.58. The molecule has 1 rings (SSSR count). The van der Waals surface area contributed by atoms with Crippen molar-refractivity contribution >= 4 is 5.91 Å². The first-order chi connectivity index (χ1) is 11.1. The molecule has 1 aromatic rings. The Kier molecular flexibility index (Phi) is 8.79. The molecule has 0 saturated carbocycles. The molecule has 0 heterocycles. The monoisotopic (exact) mass is 325 g/mol. The number of hydrogen-bond acceptors (Lipinski definition) is 5. The van der Waals surface area contributed by atoms with Gasteiger partial charge in [0.05, 0.1) is 0 Å². The summed E-state index contributed by atoms with van der Waals surface area (Å²) in [4.78, 5) is 11.7. The zero-order valence-corrected chi connectivity index (χ0v) is 14.3. The molecule has 0 fully saturated rings. The maximum Gasteiger partial charge on any atom is 0.249 e. The number of methoxy groups -OCH3 is 2. The van der Waals surface area contributed by atoms with Crippen LogP contribution >= 0.6 is 0 Å². The predicted octanol–water partition coefficient (Wildman–Crippen LogP) is 2.93. The van der Waals surface area contributed by atoms with Crippen molar-refractivity contribution in [2.75, 3.05) is 27.4 Å². The van der Waals surface area contributed by atoms with Crippen molar-refractivity contribution in [3.05, 3.63) is 34.9 Å². The fraction of sp³-hybridized carbons (Fsp3) is 0.588. The molecule has 2 N–H and O–H groups in total. The summed E-state index contributed by atoms with van der Waals surface area (Å²) in [5, 5.41) is 0. The molecule has 130 valence electrons. The van der Waals surface area contributed by atoms with Gasteiger partial charge in [-0.2, -0.15) is 0 Å². The number of hydrogen-bond donors (Lipinski definition) is 1. The lowest BCUT2D eigenvalue weighted by Gasteiger charge is -2.22. The lowest BCUT2D eigenvalue weighted by Crippen LogP contribution is -2.19. The summed E-state index contributed by atoms with van der Waals surface area (Å²) in [6, 6.07) is 5.20. The number of carbonyl (C=O) groups is 1. The molecule has 1 amide bonds. The van der Waals surface area contributed by atoms with Crippen LogP contribution in [-0.2, 0) is 18.9 Å². The SMILES string of the molecule is CCCOC(OC)c1ccc(C(N)=O)c(C(OC)OCCC)c1. The van der Waals surface area contributed by atoms with E-state index in [4.69, 9.17) is 24.7 Å². The minimum absolute atomic E-state index is 0.363. The largest absolute Gasteiger partial charge is 0.366 e. The molecule has 0 aromatic heterocycles. The van der Waals surface area contributed by atoms with Gasteiger partial charge in [-0.1, -0.05) is 19.9 Å². The summed E-state index contributed by atoms with van der Waals surface area (Å²) >= 11 is 0. The first kappa shape index (κ1) is 19.6. The van der Waals surface area contributed by atoms with Crippen LogP contribution in [0.3, 0.4) is 0 Å². The molecule has 23 heavy (non-hydrogen) atoms. The Labute approximate surface area is 137 Å². The number of ether oxygens (including phenoxy) is 4. The summed E-state index contributed by atoms with van der Waals surface area (Å²) in [6.07, 6.45) is 0.540. The summed E-state index contributed by atoms with van der Waals surface area (Å²) in [6.45, 7) is 5.11. The standard InChI is InChI=1S/C17H27NO5/c1-5-9-22-16(20-3)12-7-8-13(15(18)19)14(11-12)17(21-4)23-10-6-2/h7-8,11,16-17H,5-6,9-10H2,1-4H3,(H2,18,19). The maximum absolute atomic E-state index is 11.7. The molecular weight excluding hydrogens is 298 g/mol. The molecule has 0 saturated heterocycles. The van der Waals surface area contributed by atoms with Crippen molar-refractivity contribution in [3.63, 3.8) is 0 Å². The van der Waals surface area contributed by atoms with Crippen LogP contribution in [-0.4, -0.2) is 33.3 Å². The minimum atomic E-state index is -0.666. The Morgan fingerprint density at radius 2 is 1.61 bits per heavy atom. The fourth-order valence-electron chi connectivity index (χ4n) is 2.18.